The number of hydrogen-bond donors (Lipinski definition) is 2. The van der Waals surface area contributed by atoms with Gasteiger partial charge in [0.25, 0.3) is 0 Å². The summed E-state index contributed by atoms with van der Waals surface area (Å²) in [6.07, 6.45) is 2.19. The fourth-order valence-electron chi connectivity index (χ4n) is 1.70. The molecular formula is C14H20ClNO2. The molecule has 0 aliphatic heterocycles. The third kappa shape index (κ3) is 5.52. The number of aliphatic hydroxyl groups excluding tert-OH is 1. The summed E-state index contributed by atoms with van der Waals surface area (Å²) in [5.41, 5.74) is 0.975. The molecule has 1 atom stereocenters. The fourth-order valence-corrected chi connectivity index (χ4v) is 1.93. The Kier molecular flexibility index (Phi) is 6.76. The van der Waals surface area contributed by atoms with Crippen LogP contribution in [0.25, 0.3) is 0 Å². The lowest BCUT2D eigenvalue weighted by Gasteiger charge is -2.10. The van der Waals surface area contributed by atoms with Gasteiger partial charge in [-0.2, -0.15) is 0 Å². The van der Waals surface area contributed by atoms with Gasteiger partial charge in [0.1, 0.15) is 0 Å². The topological polar surface area (TPSA) is 49.3 Å². The van der Waals surface area contributed by atoms with Crippen molar-refractivity contribution in [2.75, 3.05) is 6.54 Å². The molecule has 3 nitrogen and oxygen atoms in total. The quantitative estimate of drug-likeness (QED) is 0.799. The summed E-state index contributed by atoms with van der Waals surface area (Å²) in [6.45, 7) is 2.33. The van der Waals surface area contributed by atoms with Crippen molar-refractivity contribution in [3.05, 3.63) is 34.9 Å². The smallest absolute Gasteiger partial charge is 0.220 e. The molecule has 1 aromatic carbocycles. The summed E-state index contributed by atoms with van der Waals surface area (Å²) in [4.78, 5) is 11.6. The third-order valence-electron chi connectivity index (χ3n) is 2.74. The minimum absolute atomic E-state index is 0.0509. The molecule has 0 spiro atoms. The van der Waals surface area contributed by atoms with Crippen LogP contribution in [0, 0.1) is 0 Å². The number of aliphatic hydroxyl groups is 1. The average Bonchev–Trinajstić information content (AvgIpc) is 2.36. The Bertz CT molecular complexity index is 382. The first kappa shape index (κ1) is 15.0. The molecule has 1 aromatic rings. The predicted octanol–water partition coefficient (Wildman–Crippen LogP) is 2.55. The number of amides is 1. The second-order valence-corrected chi connectivity index (χ2v) is 4.75. The monoisotopic (exact) mass is 269 g/mol. The maximum Gasteiger partial charge on any atom is 0.220 e. The van der Waals surface area contributed by atoms with Gasteiger partial charge in [-0.3, -0.25) is 4.79 Å². The summed E-state index contributed by atoms with van der Waals surface area (Å²) in [5.74, 6) is -0.0509. The lowest BCUT2D eigenvalue weighted by atomic mass is 10.1. The first-order chi connectivity index (χ1) is 8.63. The predicted molar refractivity (Wildman–Crippen MR) is 73.7 cm³/mol. The molecule has 0 fully saturated rings. The molecule has 0 radical (unpaired) electrons. The molecule has 0 saturated carbocycles. The van der Waals surface area contributed by atoms with E-state index in [0.717, 1.165) is 12.0 Å². The van der Waals surface area contributed by atoms with E-state index < -0.39 is 6.10 Å². The first-order valence-electron chi connectivity index (χ1n) is 6.31. The molecule has 0 saturated heterocycles. The Morgan fingerprint density at radius 3 is 2.83 bits per heavy atom. The number of rotatable bonds is 7. The summed E-state index contributed by atoms with van der Waals surface area (Å²) >= 11 is 6.00. The van der Waals surface area contributed by atoms with Crippen molar-refractivity contribution in [3.63, 3.8) is 0 Å². The summed E-state index contributed by atoms with van der Waals surface area (Å²) in [6, 6.07) is 7.51. The fraction of sp³-hybridized carbons (Fsp3) is 0.500. The summed E-state index contributed by atoms with van der Waals surface area (Å²) < 4.78 is 0. The Labute approximate surface area is 113 Å². The summed E-state index contributed by atoms with van der Waals surface area (Å²) in [5, 5.41) is 12.9. The van der Waals surface area contributed by atoms with Crippen LogP contribution in [-0.4, -0.2) is 23.7 Å². The minimum Gasteiger partial charge on any atom is -0.391 e. The highest BCUT2D eigenvalue weighted by Crippen LogP contribution is 2.16. The van der Waals surface area contributed by atoms with Crippen molar-refractivity contribution in [1.82, 2.24) is 5.32 Å². The highest BCUT2D eigenvalue weighted by molar-refractivity contribution is 6.31. The number of halogens is 1. The SMILES string of the molecule is CCCC(O)CNC(=O)CCc1ccccc1Cl. The number of nitrogens with one attached hydrogen (secondary N) is 1. The minimum atomic E-state index is -0.445. The standard InChI is InChI=1S/C14H20ClNO2/c1-2-5-12(17)10-16-14(18)9-8-11-6-3-4-7-13(11)15/h3-4,6-7,12,17H,2,5,8-10H2,1H3,(H,16,18). The Balaban J connectivity index is 2.27. The lowest BCUT2D eigenvalue weighted by molar-refractivity contribution is -0.121. The van der Waals surface area contributed by atoms with Gasteiger partial charge in [-0.15, -0.1) is 0 Å². The molecule has 0 heterocycles. The van der Waals surface area contributed by atoms with E-state index in [2.05, 4.69) is 5.32 Å². The van der Waals surface area contributed by atoms with E-state index in [-0.39, 0.29) is 5.91 Å². The Morgan fingerprint density at radius 2 is 2.17 bits per heavy atom. The van der Waals surface area contributed by atoms with Crippen molar-refractivity contribution >= 4 is 17.5 Å². The molecule has 1 amide bonds. The molecule has 4 heteroatoms. The largest absolute Gasteiger partial charge is 0.391 e. The van der Waals surface area contributed by atoms with E-state index in [1.165, 1.54) is 0 Å². The van der Waals surface area contributed by atoms with Crippen LogP contribution in [0.2, 0.25) is 5.02 Å². The molecule has 1 rings (SSSR count). The maximum atomic E-state index is 11.6. The van der Waals surface area contributed by atoms with Crippen molar-refractivity contribution in [2.45, 2.75) is 38.7 Å². The molecule has 0 aliphatic rings. The van der Waals surface area contributed by atoms with Crippen molar-refractivity contribution in [3.8, 4) is 0 Å². The van der Waals surface area contributed by atoms with Crippen LogP contribution < -0.4 is 5.32 Å². The second-order valence-electron chi connectivity index (χ2n) is 4.34. The molecule has 18 heavy (non-hydrogen) atoms. The van der Waals surface area contributed by atoms with Gasteiger partial charge in [0.15, 0.2) is 0 Å². The molecule has 0 aliphatic carbocycles. The summed E-state index contributed by atoms with van der Waals surface area (Å²) in [7, 11) is 0. The number of hydrogen-bond acceptors (Lipinski definition) is 2. The zero-order chi connectivity index (χ0) is 13.4. The van der Waals surface area contributed by atoms with Crippen LogP contribution in [0.1, 0.15) is 31.7 Å². The van der Waals surface area contributed by atoms with Crippen molar-refractivity contribution in [1.29, 1.82) is 0 Å². The molecule has 0 bridgehead atoms. The van der Waals surface area contributed by atoms with E-state index in [4.69, 9.17) is 11.6 Å². The van der Waals surface area contributed by atoms with Gasteiger partial charge < -0.3 is 10.4 Å². The zero-order valence-electron chi connectivity index (χ0n) is 10.7. The van der Waals surface area contributed by atoms with Crippen LogP contribution in [0.5, 0.6) is 0 Å². The van der Waals surface area contributed by atoms with Crippen molar-refractivity contribution < 1.29 is 9.90 Å². The Morgan fingerprint density at radius 1 is 1.44 bits per heavy atom. The molecule has 100 valence electrons. The van der Waals surface area contributed by atoms with Crippen LogP contribution >= 0.6 is 11.6 Å². The lowest BCUT2D eigenvalue weighted by Crippen LogP contribution is -2.32. The number of carbonyl (C=O) groups excluding carboxylic acids is 1. The van der Waals surface area contributed by atoms with Gasteiger partial charge in [0, 0.05) is 18.0 Å². The van der Waals surface area contributed by atoms with E-state index in [1.54, 1.807) is 0 Å². The Hall–Kier alpha value is -1.06. The number of carbonyl (C=O) groups is 1. The van der Waals surface area contributed by atoms with Crippen LogP contribution in [0.4, 0.5) is 0 Å². The van der Waals surface area contributed by atoms with Crippen LogP contribution in [-0.2, 0) is 11.2 Å². The molecular weight excluding hydrogens is 250 g/mol. The maximum absolute atomic E-state index is 11.6. The molecule has 2 N–H and O–H groups in total. The highest BCUT2D eigenvalue weighted by atomic mass is 35.5. The number of aryl methyl sites for hydroxylation is 1. The van der Waals surface area contributed by atoms with Crippen LogP contribution in [0.3, 0.4) is 0 Å². The van der Waals surface area contributed by atoms with Crippen molar-refractivity contribution in [2.24, 2.45) is 0 Å². The molecule has 1 unspecified atom stereocenters. The third-order valence-corrected chi connectivity index (χ3v) is 3.10. The van der Waals surface area contributed by atoms with E-state index >= 15 is 0 Å². The van der Waals surface area contributed by atoms with Gasteiger partial charge in [-0.05, 0) is 24.5 Å². The van der Waals surface area contributed by atoms with Gasteiger partial charge in [-0.25, -0.2) is 0 Å². The zero-order valence-corrected chi connectivity index (χ0v) is 11.4. The number of benzene rings is 1. The van der Waals surface area contributed by atoms with E-state index in [0.29, 0.717) is 30.8 Å². The van der Waals surface area contributed by atoms with E-state index in [1.807, 2.05) is 31.2 Å². The van der Waals surface area contributed by atoms with Gasteiger partial charge in [0.05, 0.1) is 6.10 Å². The van der Waals surface area contributed by atoms with Gasteiger partial charge in [-0.1, -0.05) is 43.1 Å². The normalized spacial score (nSPS) is 12.2. The highest BCUT2D eigenvalue weighted by Gasteiger charge is 2.07. The van der Waals surface area contributed by atoms with E-state index in [9.17, 15) is 9.90 Å². The molecule has 0 aromatic heterocycles. The first-order valence-corrected chi connectivity index (χ1v) is 6.69. The second kappa shape index (κ2) is 8.11. The average molecular weight is 270 g/mol. The van der Waals surface area contributed by atoms with Crippen LogP contribution in [0.15, 0.2) is 24.3 Å². The van der Waals surface area contributed by atoms with Gasteiger partial charge in [0.2, 0.25) is 5.91 Å². The van der Waals surface area contributed by atoms with Gasteiger partial charge >= 0.3 is 0 Å².